The quantitative estimate of drug-likeness (QED) is 0.670. The number of rotatable bonds is 7. The average Bonchev–Trinajstić information content (AvgIpc) is 3.18. The molecule has 0 aliphatic carbocycles. The van der Waals surface area contributed by atoms with Crippen LogP contribution in [0.4, 0.5) is 0 Å². The van der Waals surface area contributed by atoms with Gasteiger partial charge in [0.25, 0.3) is 5.91 Å². The molecule has 126 valence electrons. The second-order valence-corrected chi connectivity index (χ2v) is 6.33. The van der Waals surface area contributed by atoms with Crippen LogP contribution in [0.5, 0.6) is 5.75 Å². The minimum absolute atomic E-state index is 0.0849. The highest BCUT2D eigenvalue weighted by molar-refractivity contribution is 7.17. The number of ether oxygens (including phenoxy) is 2. The second-order valence-electron chi connectivity index (χ2n) is 5.39. The van der Waals surface area contributed by atoms with E-state index in [2.05, 4.69) is 5.32 Å². The fourth-order valence-electron chi connectivity index (χ4n) is 2.65. The van der Waals surface area contributed by atoms with E-state index >= 15 is 0 Å². The molecule has 0 fully saturated rings. The minimum atomic E-state index is -0.0849. The zero-order chi connectivity index (χ0) is 16.9. The Labute approximate surface area is 144 Å². The second kappa shape index (κ2) is 7.51. The number of aromatic nitrogens is 1. The van der Waals surface area contributed by atoms with Crippen LogP contribution in [0.2, 0.25) is 0 Å². The molecule has 0 radical (unpaired) electrons. The summed E-state index contributed by atoms with van der Waals surface area (Å²) in [7, 11) is 3.27. The summed E-state index contributed by atoms with van der Waals surface area (Å²) in [6.45, 7) is 1.61. The molecule has 0 spiro atoms. The van der Waals surface area contributed by atoms with E-state index in [1.165, 1.54) is 0 Å². The van der Waals surface area contributed by atoms with Gasteiger partial charge in [-0.1, -0.05) is 12.1 Å². The van der Waals surface area contributed by atoms with E-state index < -0.39 is 0 Å². The maximum Gasteiger partial charge on any atom is 0.268 e. The van der Waals surface area contributed by atoms with Crippen molar-refractivity contribution in [2.45, 2.75) is 6.54 Å². The molecule has 5 nitrogen and oxygen atoms in total. The summed E-state index contributed by atoms with van der Waals surface area (Å²) in [5.74, 6) is 0.727. The summed E-state index contributed by atoms with van der Waals surface area (Å²) in [5.41, 5.74) is 2.82. The predicted octanol–water partition coefficient (Wildman–Crippen LogP) is 3.14. The van der Waals surface area contributed by atoms with Crippen LogP contribution in [-0.4, -0.2) is 37.8 Å². The number of nitrogens with one attached hydrogen (secondary N) is 1. The molecule has 0 bridgehead atoms. The van der Waals surface area contributed by atoms with Crippen LogP contribution in [-0.2, 0) is 11.3 Å². The number of carbonyl (C=O) groups is 1. The molecule has 0 atom stereocenters. The molecule has 2 heterocycles. The Bertz CT molecular complexity index is 838. The molecule has 3 rings (SSSR count). The van der Waals surface area contributed by atoms with Gasteiger partial charge in [-0.2, -0.15) is 0 Å². The first-order valence-corrected chi connectivity index (χ1v) is 8.57. The van der Waals surface area contributed by atoms with Gasteiger partial charge >= 0.3 is 0 Å². The third-order valence-corrected chi connectivity index (χ3v) is 4.68. The van der Waals surface area contributed by atoms with Crippen molar-refractivity contribution >= 4 is 27.5 Å². The van der Waals surface area contributed by atoms with Gasteiger partial charge in [0.15, 0.2) is 0 Å². The highest BCUT2D eigenvalue weighted by Gasteiger charge is 2.16. The van der Waals surface area contributed by atoms with Crippen molar-refractivity contribution in [1.82, 2.24) is 9.88 Å². The van der Waals surface area contributed by atoms with Gasteiger partial charge in [0.2, 0.25) is 0 Å². The van der Waals surface area contributed by atoms with Crippen LogP contribution in [0.25, 0.3) is 10.2 Å². The Morgan fingerprint density at radius 3 is 2.92 bits per heavy atom. The number of hydrogen-bond acceptors (Lipinski definition) is 4. The van der Waals surface area contributed by atoms with Crippen molar-refractivity contribution in [2.24, 2.45) is 0 Å². The number of fused-ring (bicyclic) bond motifs is 1. The summed E-state index contributed by atoms with van der Waals surface area (Å²) < 4.78 is 13.4. The van der Waals surface area contributed by atoms with Gasteiger partial charge in [-0.3, -0.25) is 4.79 Å². The molecule has 0 aliphatic heterocycles. The molecule has 0 aliphatic rings. The fourth-order valence-corrected chi connectivity index (χ4v) is 3.47. The highest BCUT2D eigenvalue weighted by Crippen LogP contribution is 2.27. The van der Waals surface area contributed by atoms with E-state index in [0.29, 0.717) is 25.4 Å². The predicted molar refractivity (Wildman–Crippen MR) is 96.1 cm³/mol. The van der Waals surface area contributed by atoms with Gasteiger partial charge in [-0.25, -0.2) is 0 Å². The zero-order valence-electron chi connectivity index (χ0n) is 13.7. The first kappa shape index (κ1) is 16.5. The third kappa shape index (κ3) is 3.44. The van der Waals surface area contributed by atoms with E-state index in [-0.39, 0.29) is 5.91 Å². The normalized spacial score (nSPS) is 10.9. The van der Waals surface area contributed by atoms with E-state index in [0.717, 1.165) is 21.5 Å². The summed E-state index contributed by atoms with van der Waals surface area (Å²) in [6, 6.07) is 11.9. The summed E-state index contributed by atoms with van der Waals surface area (Å²) in [4.78, 5) is 12.5. The maximum absolute atomic E-state index is 12.5. The molecular formula is C18H20N2O3S. The van der Waals surface area contributed by atoms with Crippen LogP contribution < -0.4 is 10.1 Å². The maximum atomic E-state index is 12.5. The summed E-state index contributed by atoms with van der Waals surface area (Å²) in [5, 5.41) is 4.94. The molecule has 1 N–H and O–H groups in total. The third-order valence-electron chi connectivity index (χ3n) is 3.82. The molecular weight excluding hydrogens is 324 g/mol. The minimum Gasteiger partial charge on any atom is -0.497 e. The zero-order valence-corrected chi connectivity index (χ0v) is 14.6. The SMILES string of the molecule is COCCNC(=O)c1cc2sccc2n1Cc1cccc(OC)c1. The lowest BCUT2D eigenvalue weighted by Gasteiger charge is -2.11. The lowest BCUT2D eigenvalue weighted by Crippen LogP contribution is -2.29. The molecule has 24 heavy (non-hydrogen) atoms. The number of benzene rings is 1. The Hall–Kier alpha value is -2.31. The largest absolute Gasteiger partial charge is 0.497 e. The van der Waals surface area contributed by atoms with Crippen LogP contribution in [0.3, 0.4) is 0 Å². The molecule has 2 aromatic heterocycles. The van der Waals surface area contributed by atoms with Crippen molar-refractivity contribution in [3.8, 4) is 5.75 Å². The van der Waals surface area contributed by atoms with Crippen LogP contribution in [0.15, 0.2) is 41.8 Å². The summed E-state index contributed by atoms with van der Waals surface area (Å²) >= 11 is 1.64. The summed E-state index contributed by atoms with van der Waals surface area (Å²) in [6.07, 6.45) is 0. The number of thiophene rings is 1. The number of methoxy groups -OCH3 is 2. The monoisotopic (exact) mass is 344 g/mol. The molecule has 1 amide bonds. The van der Waals surface area contributed by atoms with Crippen LogP contribution in [0.1, 0.15) is 16.1 Å². The van der Waals surface area contributed by atoms with Gasteiger partial charge in [0.05, 0.1) is 23.9 Å². The van der Waals surface area contributed by atoms with Crippen molar-refractivity contribution in [3.05, 3.63) is 53.0 Å². The first-order valence-electron chi connectivity index (χ1n) is 7.69. The van der Waals surface area contributed by atoms with Gasteiger partial charge in [0, 0.05) is 20.2 Å². The van der Waals surface area contributed by atoms with Crippen molar-refractivity contribution in [1.29, 1.82) is 0 Å². The smallest absolute Gasteiger partial charge is 0.268 e. The molecule has 0 unspecified atom stereocenters. The molecule has 0 saturated heterocycles. The van der Waals surface area contributed by atoms with Gasteiger partial charge in [0.1, 0.15) is 11.4 Å². The van der Waals surface area contributed by atoms with Gasteiger partial charge in [-0.15, -0.1) is 11.3 Å². The standard InChI is InChI=1S/C18H20N2O3S/c1-22-8-7-19-18(21)16-11-17-15(6-9-24-17)20(16)12-13-4-3-5-14(10-13)23-2/h3-6,9-11H,7-8,12H2,1-2H3,(H,19,21). The average molecular weight is 344 g/mol. The van der Waals surface area contributed by atoms with Crippen molar-refractivity contribution in [3.63, 3.8) is 0 Å². The van der Waals surface area contributed by atoms with Crippen LogP contribution in [0, 0.1) is 0 Å². The fraction of sp³-hybridized carbons (Fsp3) is 0.278. The Kier molecular flexibility index (Phi) is 5.17. The van der Waals surface area contributed by atoms with E-state index in [1.807, 2.05) is 46.3 Å². The van der Waals surface area contributed by atoms with Gasteiger partial charge < -0.3 is 19.4 Å². The molecule has 1 aromatic carbocycles. The number of hydrogen-bond donors (Lipinski definition) is 1. The highest BCUT2D eigenvalue weighted by atomic mass is 32.1. The number of nitrogens with zero attached hydrogens (tertiary/aromatic N) is 1. The van der Waals surface area contributed by atoms with E-state index in [1.54, 1.807) is 25.6 Å². The lowest BCUT2D eigenvalue weighted by atomic mass is 10.2. The van der Waals surface area contributed by atoms with E-state index in [4.69, 9.17) is 9.47 Å². The number of amides is 1. The Morgan fingerprint density at radius 2 is 2.12 bits per heavy atom. The van der Waals surface area contributed by atoms with E-state index in [9.17, 15) is 4.79 Å². The Balaban J connectivity index is 1.91. The molecule has 0 saturated carbocycles. The number of carbonyl (C=O) groups excluding carboxylic acids is 1. The van der Waals surface area contributed by atoms with Crippen LogP contribution >= 0.6 is 11.3 Å². The Morgan fingerprint density at radius 1 is 1.25 bits per heavy atom. The molecule has 3 aromatic rings. The molecule has 6 heteroatoms. The van der Waals surface area contributed by atoms with Crippen molar-refractivity contribution < 1.29 is 14.3 Å². The first-order chi connectivity index (χ1) is 11.7. The van der Waals surface area contributed by atoms with Gasteiger partial charge in [-0.05, 0) is 35.2 Å². The van der Waals surface area contributed by atoms with Crippen molar-refractivity contribution in [2.75, 3.05) is 27.4 Å². The lowest BCUT2D eigenvalue weighted by molar-refractivity contribution is 0.0929. The topological polar surface area (TPSA) is 52.5 Å².